The molecule has 234 valence electrons. The predicted octanol–water partition coefficient (Wildman–Crippen LogP) is -4.51. The number of aliphatic carboxylic acids is 3. The number of fused-ring (bicyclic) bond motifs is 2. The molecular formula is C30H32GaN5O9. The molecule has 1 saturated heterocycles. The van der Waals surface area contributed by atoms with Gasteiger partial charge in [0, 0.05) is 88.7 Å². The standard InChI is InChI=1S/C30H35N5O9.Ga/c36-24(31-23-7-3-6-22-28(23)30(44)21-5-2-1-4-20(21)29(22)43)16-32-8-10-33(17-25(37)38)12-14-35(19-27(41)42)15-13-34(11-9-32)18-26(39)40;/h1-7H,8-19H2,(H,31,36)(H,37,38)(H,39,40)(H,41,42);/q;+3/p-3/i;1-2. The molecule has 0 spiro atoms. The number of carbonyl (C=O) groups is 6. The van der Waals surface area contributed by atoms with Crippen molar-refractivity contribution >= 4 is 60.9 Å². The number of anilines is 1. The summed E-state index contributed by atoms with van der Waals surface area (Å²) in [5.74, 6) is -5.16. The molecule has 0 atom stereocenters. The number of hydrogen-bond acceptors (Lipinski definition) is 13. The van der Waals surface area contributed by atoms with E-state index in [2.05, 4.69) is 5.32 Å². The molecule has 1 heterocycles. The molecule has 0 unspecified atom stereocenters. The third kappa shape index (κ3) is 9.81. The van der Waals surface area contributed by atoms with Crippen LogP contribution < -0.4 is 20.6 Å². The number of nitrogens with zero attached hydrogens (tertiary/aromatic N) is 4. The number of hydrogen-bond donors (Lipinski definition) is 1. The number of carboxylic acid groups (broad SMARTS) is 3. The van der Waals surface area contributed by atoms with E-state index in [0.29, 0.717) is 0 Å². The second-order valence-corrected chi connectivity index (χ2v) is 10.7. The van der Waals surface area contributed by atoms with Crippen molar-refractivity contribution in [2.45, 2.75) is 0 Å². The number of carboxylic acids is 3. The van der Waals surface area contributed by atoms with E-state index >= 15 is 0 Å². The van der Waals surface area contributed by atoms with Gasteiger partial charge in [-0.25, -0.2) is 0 Å². The molecule has 1 N–H and O–H groups in total. The Labute approximate surface area is 272 Å². The first kappa shape index (κ1) is 35.6. The summed E-state index contributed by atoms with van der Waals surface area (Å²) in [7, 11) is 0. The van der Waals surface area contributed by atoms with E-state index in [1.165, 1.54) is 17.0 Å². The van der Waals surface area contributed by atoms with Crippen molar-refractivity contribution in [3.8, 4) is 0 Å². The normalized spacial score (nSPS) is 17.2. The Balaban J connectivity index is 0.00000552. The number of benzene rings is 2. The molecule has 45 heavy (non-hydrogen) atoms. The van der Waals surface area contributed by atoms with E-state index in [1.54, 1.807) is 45.0 Å². The summed E-state index contributed by atoms with van der Waals surface area (Å²) in [6, 6.07) is 11.1. The SMILES string of the molecule is O=C([O-])CN1CCN(CC(=O)[O-])CCN(CC(=O)Nc2cccc3c2C(=O)c2ccccc2C3=O)CCN(CC(=O)[O-])CC1.[68Ga+3]. The Morgan fingerprint density at radius 1 is 0.556 bits per heavy atom. The Hall–Kier alpha value is -3.86. The van der Waals surface area contributed by atoms with Gasteiger partial charge in [-0.05, 0) is 6.07 Å². The van der Waals surface area contributed by atoms with E-state index in [-0.39, 0.29) is 118 Å². The number of rotatable bonds is 9. The van der Waals surface area contributed by atoms with E-state index in [9.17, 15) is 44.1 Å². The zero-order valence-corrected chi connectivity index (χ0v) is 27.0. The van der Waals surface area contributed by atoms with Gasteiger partial charge in [0.2, 0.25) is 5.91 Å². The van der Waals surface area contributed by atoms with Crippen molar-refractivity contribution in [1.29, 1.82) is 0 Å². The molecule has 4 rings (SSSR count). The zero-order chi connectivity index (χ0) is 31.8. The minimum atomic E-state index is -1.32. The van der Waals surface area contributed by atoms with Crippen molar-refractivity contribution in [1.82, 2.24) is 19.6 Å². The molecule has 0 radical (unpaired) electrons. The summed E-state index contributed by atoms with van der Waals surface area (Å²) >= 11 is 0. The summed E-state index contributed by atoms with van der Waals surface area (Å²) in [6.07, 6.45) is 0. The fourth-order valence-corrected chi connectivity index (χ4v) is 5.40. The molecular weight excluding hydrogens is 642 g/mol. The number of nitrogens with one attached hydrogen (secondary N) is 1. The Kier molecular flexibility index (Phi) is 13.0. The molecule has 2 aromatic carbocycles. The van der Waals surface area contributed by atoms with Crippen molar-refractivity contribution in [3.63, 3.8) is 0 Å². The Morgan fingerprint density at radius 2 is 0.933 bits per heavy atom. The molecule has 15 heteroatoms. The molecule has 1 fully saturated rings. The van der Waals surface area contributed by atoms with Crippen LogP contribution in [0.3, 0.4) is 0 Å². The number of ketones is 2. The molecule has 1 aliphatic heterocycles. The van der Waals surface area contributed by atoms with Crippen LogP contribution in [0.2, 0.25) is 0 Å². The molecule has 1 aliphatic carbocycles. The van der Waals surface area contributed by atoms with E-state index in [1.807, 2.05) is 0 Å². The van der Waals surface area contributed by atoms with Crippen molar-refractivity contribution < 1.29 is 44.1 Å². The van der Waals surface area contributed by atoms with Gasteiger partial charge in [-0.15, -0.1) is 0 Å². The molecule has 0 saturated carbocycles. The Bertz CT molecular complexity index is 1420. The second kappa shape index (κ2) is 16.4. The van der Waals surface area contributed by atoms with Gasteiger partial charge in [0.1, 0.15) is 0 Å². The van der Waals surface area contributed by atoms with Crippen molar-refractivity contribution in [2.75, 3.05) is 83.9 Å². The third-order valence-electron chi connectivity index (χ3n) is 7.58. The predicted molar refractivity (Wildman–Crippen MR) is 155 cm³/mol. The van der Waals surface area contributed by atoms with Crippen molar-refractivity contribution in [3.05, 3.63) is 64.7 Å². The van der Waals surface area contributed by atoms with Gasteiger partial charge in [-0.1, -0.05) is 36.4 Å². The maximum Gasteiger partial charge on any atom is 3.00 e. The van der Waals surface area contributed by atoms with Crippen LogP contribution in [0.4, 0.5) is 5.69 Å². The third-order valence-corrected chi connectivity index (χ3v) is 7.58. The first-order valence-corrected chi connectivity index (χ1v) is 14.1. The summed E-state index contributed by atoms with van der Waals surface area (Å²) in [6.45, 7) is 0.0718. The van der Waals surface area contributed by atoms with Gasteiger partial charge < -0.3 is 35.0 Å². The van der Waals surface area contributed by atoms with Crippen LogP contribution in [0.5, 0.6) is 0 Å². The Morgan fingerprint density at radius 3 is 1.36 bits per heavy atom. The van der Waals surface area contributed by atoms with E-state index in [0.717, 1.165) is 0 Å². The summed E-state index contributed by atoms with van der Waals surface area (Å²) in [4.78, 5) is 80.1. The smallest absolute Gasteiger partial charge is 0.549 e. The molecule has 2 aliphatic rings. The fraction of sp³-hybridized carbons (Fsp3) is 0.400. The van der Waals surface area contributed by atoms with Crippen molar-refractivity contribution in [2.24, 2.45) is 0 Å². The minimum Gasteiger partial charge on any atom is -0.549 e. The topological polar surface area (TPSA) is 197 Å². The number of amides is 1. The first-order valence-electron chi connectivity index (χ1n) is 14.1. The average Bonchev–Trinajstić information content (AvgIpc) is 2.96. The summed E-state index contributed by atoms with van der Waals surface area (Å²) in [5.41, 5.74) is 0.993. The van der Waals surface area contributed by atoms with Crippen LogP contribution in [0, 0.1) is 0 Å². The fourth-order valence-electron chi connectivity index (χ4n) is 5.40. The van der Waals surface area contributed by atoms with Crippen LogP contribution in [-0.4, -0.2) is 153 Å². The van der Waals surface area contributed by atoms with Crippen LogP contribution >= 0.6 is 0 Å². The first-order chi connectivity index (χ1) is 21.0. The van der Waals surface area contributed by atoms with Gasteiger partial charge in [0.25, 0.3) is 0 Å². The second-order valence-electron chi connectivity index (χ2n) is 10.7. The van der Waals surface area contributed by atoms with E-state index in [4.69, 9.17) is 0 Å². The van der Waals surface area contributed by atoms with Gasteiger partial charge in [0.15, 0.2) is 11.6 Å². The molecule has 1 amide bonds. The van der Waals surface area contributed by atoms with Crippen LogP contribution in [0.25, 0.3) is 0 Å². The van der Waals surface area contributed by atoms with Crippen LogP contribution in [0.1, 0.15) is 31.8 Å². The van der Waals surface area contributed by atoms with Crippen LogP contribution in [-0.2, 0) is 19.2 Å². The monoisotopic (exact) mass is 674 g/mol. The van der Waals surface area contributed by atoms with Crippen LogP contribution in [0.15, 0.2) is 42.5 Å². The maximum absolute atomic E-state index is 13.3. The molecule has 14 nitrogen and oxygen atoms in total. The molecule has 0 bridgehead atoms. The van der Waals surface area contributed by atoms with E-state index < -0.39 is 43.4 Å². The van der Waals surface area contributed by atoms with Gasteiger partial charge in [-0.3, -0.25) is 34.0 Å². The maximum atomic E-state index is 13.3. The number of carbonyl (C=O) groups excluding carboxylic acids is 6. The molecule has 2 aromatic rings. The molecule has 0 aromatic heterocycles. The van der Waals surface area contributed by atoms with Gasteiger partial charge in [0.05, 0.1) is 35.7 Å². The zero-order valence-electron chi connectivity index (χ0n) is 24.6. The van der Waals surface area contributed by atoms with Gasteiger partial charge >= 0.3 is 19.8 Å². The minimum absolute atomic E-state index is 0. The quantitative estimate of drug-likeness (QED) is 0.214. The van der Waals surface area contributed by atoms with Gasteiger partial charge in [-0.2, -0.15) is 0 Å². The summed E-state index contributed by atoms with van der Waals surface area (Å²) < 4.78 is 0. The summed E-state index contributed by atoms with van der Waals surface area (Å²) in [5, 5.41) is 36.7. The largest absolute Gasteiger partial charge is 3.00 e. The average molecular weight is 675 g/mol.